The van der Waals surface area contributed by atoms with Crippen LogP contribution in [0.25, 0.3) is 6.08 Å². The molecular weight excluding hydrogens is 224 g/mol. The smallest absolute Gasteiger partial charge is 0.211 e. The van der Waals surface area contributed by atoms with Crippen LogP contribution >= 0.6 is 0 Å². The summed E-state index contributed by atoms with van der Waals surface area (Å²) in [6.45, 7) is 7.80. The molecule has 0 atom stereocenters. The summed E-state index contributed by atoms with van der Waals surface area (Å²) in [6.07, 6.45) is 1.85. The normalized spacial score (nSPS) is 8.40. The van der Waals surface area contributed by atoms with Crippen molar-refractivity contribution in [2.45, 2.75) is 13.8 Å². The second-order valence-electron chi connectivity index (χ2n) is 3.39. The van der Waals surface area contributed by atoms with E-state index in [-0.39, 0.29) is 17.1 Å². The summed E-state index contributed by atoms with van der Waals surface area (Å²) in [5.74, 6) is 0. The van der Waals surface area contributed by atoms with Gasteiger partial charge in [-0.15, -0.1) is 12.7 Å². The summed E-state index contributed by atoms with van der Waals surface area (Å²) in [7, 11) is 0. The second kappa shape index (κ2) is 7.28. The van der Waals surface area contributed by atoms with Crippen LogP contribution in [0.2, 0.25) is 0 Å². The maximum Gasteiger partial charge on any atom is 2.00 e. The fraction of sp³-hybridized carbons (Fsp3) is 0.143. The number of hydrogen-bond donors (Lipinski definition) is 0. The minimum atomic E-state index is 0. The predicted octanol–water partition coefficient (Wildman–Crippen LogP) is 4.07. The van der Waals surface area contributed by atoms with Crippen LogP contribution in [0.1, 0.15) is 16.7 Å². The molecule has 1 heteroatoms. The predicted molar refractivity (Wildman–Crippen MR) is 63.6 cm³/mol. The van der Waals surface area contributed by atoms with Crippen molar-refractivity contribution in [2.24, 2.45) is 0 Å². The van der Waals surface area contributed by atoms with E-state index in [0.717, 1.165) is 0 Å². The maximum atomic E-state index is 3.64. The van der Waals surface area contributed by atoms with Crippen LogP contribution in [0, 0.1) is 13.8 Å². The molecule has 15 heavy (non-hydrogen) atoms. The first-order chi connectivity index (χ1) is 6.72. The average Bonchev–Trinajstić information content (AvgIpc) is 2.77. The van der Waals surface area contributed by atoms with Gasteiger partial charge in [0.25, 0.3) is 0 Å². The van der Waals surface area contributed by atoms with Crippen LogP contribution in [0.4, 0.5) is 0 Å². The summed E-state index contributed by atoms with van der Waals surface area (Å²) in [6, 6.07) is 14.5. The molecule has 0 saturated heterocycles. The third-order valence-electron chi connectivity index (χ3n) is 2.00. The standard InChI is InChI=1S/C8H9.C6H7.Fe/c1-3-8-5-4-7(2)6-8;1-6-4-2-3-5-6;/h3-6H,1H2,2H3;2-5H,1H3;/q2*-1;+2. The van der Waals surface area contributed by atoms with Gasteiger partial charge < -0.3 is 0 Å². The van der Waals surface area contributed by atoms with Crippen molar-refractivity contribution in [3.63, 3.8) is 0 Å². The summed E-state index contributed by atoms with van der Waals surface area (Å²) in [5.41, 5.74) is 3.86. The molecule has 0 saturated carbocycles. The van der Waals surface area contributed by atoms with Crippen molar-refractivity contribution in [2.75, 3.05) is 0 Å². The molecule has 0 amide bonds. The van der Waals surface area contributed by atoms with Crippen LogP contribution in [-0.2, 0) is 17.1 Å². The van der Waals surface area contributed by atoms with Gasteiger partial charge in [-0.1, -0.05) is 13.8 Å². The van der Waals surface area contributed by atoms with E-state index < -0.39 is 0 Å². The molecule has 0 fully saturated rings. The molecule has 80 valence electrons. The van der Waals surface area contributed by atoms with Gasteiger partial charge in [0.15, 0.2) is 0 Å². The van der Waals surface area contributed by atoms with Crippen molar-refractivity contribution in [3.8, 4) is 0 Å². The zero-order valence-corrected chi connectivity index (χ0v) is 10.3. The van der Waals surface area contributed by atoms with Crippen molar-refractivity contribution in [1.29, 1.82) is 0 Å². The monoisotopic (exact) mass is 240 g/mol. The van der Waals surface area contributed by atoms with Crippen LogP contribution in [-0.4, -0.2) is 0 Å². The molecule has 0 spiro atoms. The largest absolute Gasteiger partial charge is 2.00 e. The van der Waals surface area contributed by atoms with Gasteiger partial charge in [0, 0.05) is 0 Å². The first-order valence-corrected chi connectivity index (χ1v) is 4.76. The van der Waals surface area contributed by atoms with E-state index in [2.05, 4.69) is 50.8 Å². The molecule has 0 radical (unpaired) electrons. The molecule has 0 heterocycles. The summed E-state index contributed by atoms with van der Waals surface area (Å²) in [4.78, 5) is 0. The molecule has 0 nitrogen and oxygen atoms in total. The Hall–Kier alpha value is -1.04. The average molecular weight is 240 g/mol. The SMILES string of the molecule is C=Cc1c[cH-]c(C)c1.Cc1cc[cH-]c1.[Fe+2]. The van der Waals surface area contributed by atoms with Gasteiger partial charge in [0.2, 0.25) is 0 Å². The first-order valence-electron chi connectivity index (χ1n) is 4.76. The van der Waals surface area contributed by atoms with E-state index in [4.69, 9.17) is 0 Å². The Morgan fingerprint density at radius 1 is 1.27 bits per heavy atom. The van der Waals surface area contributed by atoms with Gasteiger partial charge in [-0.3, -0.25) is 0 Å². The van der Waals surface area contributed by atoms with Crippen LogP contribution in [0.15, 0.2) is 49.0 Å². The van der Waals surface area contributed by atoms with Crippen molar-refractivity contribution < 1.29 is 17.1 Å². The summed E-state index contributed by atoms with van der Waals surface area (Å²) >= 11 is 0. The quantitative estimate of drug-likeness (QED) is 0.520. The van der Waals surface area contributed by atoms with Crippen LogP contribution in [0.5, 0.6) is 0 Å². The molecule has 0 aliphatic carbocycles. The molecule has 2 rings (SSSR count). The number of rotatable bonds is 1. The molecule has 0 unspecified atom stereocenters. The van der Waals surface area contributed by atoms with E-state index in [1.807, 2.05) is 18.2 Å². The Balaban J connectivity index is 0.000000253. The number of hydrogen-bond acceptors (Lipinski definition) is 0. The Kier molecular flexibility index (Phi) is 6.77. The van der Waals surface area contributed by atoms with Crippen LogP contribution < -0.4 is 0 Å². The van der Waals surface area contributed by atoms with Crippen molar-refractivity contribution in [1.82, 2.24) is 0 Å². The van der Waals surface area contributed by atoms with E-state index in [1.165, 1.54) is 16.7 Å². The molecular formula is C14H16Fe. The molecule has 2 aromatic carbocycles. The topological polar surface area (TPSA) is 0 Å². The Labute approximate surface area is 103 Å². The molecule has 0 aliphatic heterocycles. The number of aryl methyl sites for hydroxylation is 2. The van der Waals surface area contributed by atoms with Crippen molar-refractivity contribution in [3.05, 3.63) is 65.7 Å². The van der Waals surface area contributed by atoms with Gasteiger partial charge in [-0.2, -0.15) is 41.5 Å². The second-order valence-corrected chi connectivity index (χ2v) is 3.39. The minimum absolute atomic E-state index is 0. The fourth-order valence-corrected chi connectivity index (χ4v) is 1.18. The van der Waals surface area contributed by atoms with Gasteiger partial charge >= 0.3 is 17.1 Å². The van der Waals surface area contributed by atoms with Gasteiger partial charge in [-0.05, 0) is 0 Å². The maximum absolute atomic E-state index is 3.64. The Bertz CT molecular complexity index is 366. The third kappa shape index (κ3) is 5.41. The Morgan fingerprint density at radius 3 is 2.20 bits per heavy atom. The van der Waals surface area contributed by atoms with Gasteiger partial charge in [-0.25, -0.2) is 17.7 Å². The van der Waals surface area contributed by atoms with Gasteiger partial charge in [0.05, 0.1) is 0 Å². The Morgan fingerprint density at radius 2 is 2.00 bits per heavy atom. The molecule has 0 bridgehead atoms. The van der Waals surface area contributed by atoms with E-state index in [9.17, 15) is 0 Å². The summed E-state index contributed by atoms with van der Waals surface area (Å²) < 4.78 is 0. The van der Waals surface area contributed by atoms with E-state index >= 15 is 0 Å². The molecule has 0 aromatic heterocycles. The van der Waals surface area contributed by atoms with Crippen molar-refractivity contribution >= 4 is 6.08 Å². The third-order valence-corrected chi connectivity index (χ3v) is 2.00. The van der Waals surface area contributed by atoms with E-state index in [1.54, 1.807) is 0 Å². The zero-order valence-electron chi connectivity index (χ0n) is 9.18. The first kappa shape index (κ1) is 14.0. The summed E-state index contributed by atoms with van der Waals surface area (Å²) in [5, 5.41) is 0. The fourth-order valence-electron chi connectivity index (χ4n) is 1.18. The molecule has 0 aliphatic rings. The van der Waals surface area contributed by atoms with Gasteiger partial charge in [0.1, 0.15) is 0 Å². The molecule has 2 aromatic rings. The molecule has 0 N–H and O–H groups in total. The minimum Gasteiger partial charge on any atom is -0.211 e. The van der Waals surface area contributed by atoms with Crippen LogP contribution in [0.3, 0.4) is 0 Å². The van der Waals surface area contributed by atoms with E-state index in [0.29, 0.717) is 0 Å². The zero-order chi connectivity index (χ0) is 10.4.